The molecule has 0 saturated heterocycles. The van der Waals surface area contributed by atoms with E-state index in [0.29, 0.717) is 39.3 Å². The first kappa shape index (κ1) is 21.8. The average Bonchev–Trinajstić information content (AvgIpc) is 3.14. The molecule has 0 amide bonds. The van der Waals surface area contributed by atoms with Crippen LogP contribution in [0.5, 0.6) is 11.6 Å². The van der Waals surface area contributed by atoms with Crippen LogP contribution < -0.4 is 10.5 Å². The number of aromatic nitrogens is 4. The van der Waals surface area contributed by atoms with Crippen molar-refractivity contribution < 1.29 is 17.9 Å². The van der Waals surface area contributed by atoms with Crippen LogP contribution in [0.4, 0.5) is 13.2 Å². The number of pyridine rings is 2. The predicted molar refractivity (Wildman–Crippen MR) is 114 cm³/mol. The van der Waals surface area contributed by atoms with Crippen LogP contribution in [-0.2, 0) is 7.05 Å². The number of nitrogens with two attached hydrogens (primary N) is 1. The molecule has 0 spiro atoms. The summed E-state index contributed by atoms with van der Waals surface area (Å²) in [6, 6.07) is 12.8. The van der Waals surface area contributed by atoms with E-state index >= 15 is 0 Å². The lowest BCUT2D eigenvalue weighted by Gasteiger charge is -2.16. The van der Waals surface area contributed by atoms with Crippen molar-refractivity contribution in [1.29, 1.82) is 0 Å². The molecule has 0 bridgehead atoms. The molecule has 0 fully saturated rings. The van der Waals surface area contributed by atoms with E-state index in [2.05, 4.69) is 15.1 Å². The van der Waals surface area contributed by atoms with Gasteiger partial charge in [-0.3, -0.25) is 9.97 Å². The molecule has 4 aromatic rings. The molecule has 3 heterocycles. The van der Waals surface area contributed by atoms with Gasteiger partial charge in [0.25, 0.3) is 0 Å². The fourth-order valence-corrected chi connectivity index (χ4v) is 3.19. The summed E-state index contributed by atoms with van der Waals surface area (Å²) in [7, 11) is 1.72. The Labute approximate surface area is 186 Å². The van der Waals surface area contributed by atoms with Crippen molar-refractivity contribution in [2.45, 2.75) is 12.2 Å². The van der Waals surface area contributed by atoms with Crippen molar-refractivity contribution in [3.05, 3.63) is 77.6 Å². The maximum absolute atomic E-state index is 12.9. The number of ether oxygens (including phenoxy) is 1. The van der Waals surface area contributed by atoms with E-state index in [1.165, 1.54) is 12.1 Å². The van der Waals surface area contributed by atoms with Crippen LogP contribution in [-0.4, -0.2) is 25.9 Å². The van der Waals surface area contributed by atoms with Gasteiger partial charge in [0.15, 0.2) is 0 Å². The minimum Gasteiger partial charge on any atom is -0.439 e. The van der Waals surface area contributed by atoms with Crippen LogP contribution in [0, 0.1) is 0 Å². The highest BCUT2D eigenvalue weighted by atomic mass is 35.5. The molecule has 0 unspecified atom stereocenters. The van der Waals surface area contributed by atoms with Crippen LogP contribution in [0.1, 0.15) is 11.6 Å². The molecule has 0 saturated carbocycles. The van der Waals surface area contributed by atoms with Crippen LogP contribution in [0.15, 0.2) is 67.0 Å². The summed E-state index contributed by atoms with van der Waals surface area (Å²) < 4.78 is 46.2. The fraction of sp³-hybridized carbons (Fsp3) is 0.136. The number of hydrogen-bond donors (Lipinski definition) is 1. The van der Waals surface area contributed by atoms with E-state index < -0.39 is 12.2 Å². The van der Waals surface area contributed by atoms with Gasteiger partial charge in [0.2, 0.25) is 5.88 Å². The van der Waals surface area contributed by atoms with Gasteiger partial charge >= 0.3 is 6.18 Å². The molecule has 0 aliphatic carbocycles. The average molecular weight is 460 g/mol. The first-order valence-corrected chi connectivity index (χ1v) is 9.81. The maximum Gasteiger partial charge on any atom is 0.407 e. The van der Waals surface area contributed by atoms with Crippen molar-refractivity contribution in [1.82, 2.24) is 19.7 Å². The van der Waals surface area contributed by atoms with Gasteiger partial charge in [-0.25, -0.2) is 4.68 Å². The standard InChI is InChI=1S/C22H17ClF3N5O/c1-31-20(11-18(30-31)17-4-2-3-9-28-17)32-19-10-14(23)6-7-15(19)16-8-5-13(12-29-16)21(27)22(24,25)26/h2-12,21H,27H2,1H3/t21-/m0/s1. The number of halogens is 4. The summed E-state index contributed by atoms with van der Waals surface area (Å²) >= 11 is 6.15. The number of alkyl halides is 3. The van der Waals surface area contributed by atoms with Gasteiger partial charge in [0.1, 0.15) is 17.5 Å². The molecule has 3 aromatic heterocycles. The molecule has 2 N–H and O–H groups in total. The smallest absolute Gasteiger partial charge is 0.407 e. The second-order valence-electron chi connectivity index (χ2n) is 6.94. The van der Waals surface area contributed by atoms with Crippen LogP contribution in [0.2, 0.25) is 5.02 Å². The summed E-state index contributed by atoms with van der Waals surface area (Å²) in [5, 5.41) is 4.84. The number of hydrogen-bond acceptors (Lipinski definition) is 5. The number of aryl methyl sites for hydroxylation is 1. The van der Waals surface area contributed by atoms with E-state index in [-0.39, 0.29) is 5.56 Å². The lowest BCUT2D eigenvalue weighted by molar-refractivity contribution is -0.149. The molecule has 1 aromatic carbocycles. The minimum atomic E-state index is -4.55. The summed E-state index contributed by atoms with van der Waals surface area (Å²) in [4.78, 5) is 8.43. The van der Waals surface area contributed by atoms with Gasteiger partial charge in [-0.15, -0.1) is 0 Å². The van der Waals surface area contributed by atoms with Crippen LogP contribution in [0.25, 0.3) is 22.6 Å². The molecule has 4 rings (SSSR count). The third kappa shape index (κ3) is 4.58. The molecular formula is C22H17ClF3N5O. The monoisotopic (exact) mass is 459 g/mol. The molecule has 32 heavy (non-hydrogen) atoms. The SMILES string of the molecule is Cn1nc(-c2ccccn2)cc1Oc1cc(Cl)ccc1-c1ccc([C@H](N)C(F)(F)F)cn1. The zero-order chi connectivity index (χ0) is 22.9. The predicted octanol–water partition coefficient (Wildman–Crippen LogP) is 5.55. The Balaban J connectivity index is 1.66. The highest BCUT2D eigenvalue weighted by Gasteiger charge is 2.38. The van der Waals surface area contributed by atoms with Gasteiger partial charge < -0.3 is 10.5 Å². The van der Waals surface area contributed by atoms with E-state index in [1.54, 1.807) is 42.2 Å². The summed E-state index contributed by atoms with van der Waals surface area (Å²) in [5.41, 5.74) is 7.37. The Kier molecular flexibility index (Phi) is 5.86. The largest absolute Gasteiger partial charge is 0.439 e. The van der Waals surface area contributed by atoms with Crippen LogP contribution in [0.3, 0.4) is 0 Å². The summed E-state index contributed by atoms with van der Waals surface area (Å²) in [6.07, 6.45) is -1.78. The van der Waals surface area contributed by atoms with E-state index in [1.807, 2.05) is 18.2 Å². The lowest BCUT2D eigenvalue weighted by Crippen LogP contribution is -2.28. The molecule has 10 heteroatoms. The van der Waals surface area contributed by atoms with E-state index in [4.69, 9.17) is 22.1 Å². The maximum atomic E-state index is 12.9. The topological polar surface area (TPSA) is 78.8 Å². The van der Waals surface area contributed by atoms with Crippen molar-refractivity contribution in [2.75, 3.05) is 0 Å². The minimum absolute atomic E-state index is 0.135. The molecular weight excluding hydrogens is 443 g/mol. The first-order valence-electron chi connectivity index (χ1n) is 9.44. The second kappa shape index (κ2) is 8.60. The zero-order valence-electron chi connectivity index (χ0n) is 16.7. The van der Waals surface area contributed by atoms with Crippen LogP contribution >= 0.6 is 11.6 Å². The number of nitrogens with zero attached hydrogens (tertiary/aromatic N) is 4. The second-order valence-corrected chi connectivity index (χ2v) is 7.38. The van der Waals surface area contributed by atoms with Gasteiger partial charge in [0, 0.05) is 42.2 Å². The number of rotatable bonds is 5. The molecule has 0 radical (unpaired) electrons. The lowest BCUT2D eigenvalue weighted by atomic mass is 10.1. The third-order valence-corrected chi connectivity index (χ3v) is 4.93. The van der Waals surface area contributed by atoms with Crippen molar-refractivity contribution >= 4 is 11.6 Å². The Morgan fingerprint density at radius 2 is 1.81 bits per heavy atom. The van der Waals surface area contributed by atoms with Crippen molar-refractivity contribution in [3.63, 3.8) is 0 Å². The number of benzene rings is 1. The molecule has 0 aliphatic rings. The highest BCUT2D eigenvalue weighted by Crippen LogP contribution is 2.36. The molecule has 164 valence electrons. The van der Waals surface area contributed by atoms with E-state index in [0.717, 1.165) is 6.20 Å². The fourth-order valence-electron chi connectivity index (χ4n) is 3.03. The Morgan fingerprint density at radius 3 is 2.47 bits per heavy atom. The summed E-state index contributed by atoms with van der Waals surface area (Å²) in [5.74, 6) is 0.790. The third-order valence-electron chi connectivity index (χ3n) is 4.70. The molecule has 1 atom stereocenters. The zero-order valence-corrected chi connectivity index (χ0v) is 17.5. The van der Waals surface area contributed by atoms with Gasteiger partial charge in [0.05, 0.1) is 11.4 Å². The van der Waals surface area contributed by atoms with E-state index in [9.17, 15) is 13.2 Å². The Hall–Kier alpha value is -3.43. The highest BCUT2D eigenvalue weighted by molar-refractivity contribution is 6.30. The Bertz CT molecular complexity index is 1230. The molecule has 0 aliphatic heterocycles. The quantitative estimate of drug-likeness (QED) is 0.423. The Morgan fingerprint density at radius 1 is 1.00 bits per heavy atom. The molecule has 6 nitrogen and oxygen atoms in total. The van der Waals surface area contributed by atoms with Crippen molar-refractivity contribution in [2.24, 2.45) is 12.8 Å². The van der Waals surface area contributed by atoms with Crippen molar-refractivity contribution in [3.8, 4) is 34.3 Å². The first-order chi connectivity index (χ1) is 15.2. The van der Waals surface area contributed by atoms with Gasteiger partial charge in [-0.2, -0.15) is 18.3 Å². The van der Waals surface area contributed by atoms with Gasteiger partial charge in [-0.1, -0.05) is 23.7 Å². The normalized spacial score (nSPS) is 12.6. The van der Waals surface area contributed by atoms with Gasteiger partial charge in [-0.05, 0) is 35.9 Å². The summed E-state index contributed by atoms with van der Waals surface area (Å²) in [6.45, 7) is 0.